The molecule has 1 aromatic heterocycles. The van der Waals surface area contributed by atoms with Crippen molar-refractivity contribution >= 4 is 0 Å². The molecule has 5 heteroatoms. The van der Waals surface area contributed by atoms with Crippen LogP contribution in [-0.2, 0) is 13.6 Å². The molecule has 0 aliphatic heterocycles. The summed E-state index contributed by atoms with van der Waals surface area (Å²) in [5, 5.41) is 16.9. The summed E-state index contributed by atoms with van der Waals surface area (Å²) in [6, 6.07) is 0. The van der Waals surface area contributed by atoms with E-state index in [4.69, 9.17) is 0 Å². The van der Waals surface area contributed by atoms with E-state index in [0.717, 1.165) is 12.2 Å². The number of aliphatic hydroxyl groups excluding tert-OH is 1. The molecule has 0 aliphatic rings. The first kappa shape index (κ1) is 13.1. The minimum absolute atomic E-state index is 0.159. The predicted molar refractivity (Wildman–Crippen MR) is 62.8 cm³/mol. The molecule has 0 aromatic carbocycles. The van der Waals surface area contributed by atoms with Gasteiger partial charge in [0.1, 0.15) is 12.2 Å². The van der Waals surface area contributed by atoms with Crippen molar-refractivity contribution in [1.82, 2.24) is 20.1 Å². The second-order valence-electron chi connectivity index (χ2n) is 5.35. The lowest BCUT2D eigenvalue weighted by Gasteiger charge is -2.22. The fourth-order valence-electron chi connectivity index (χ4n) is 1.61. The maximum Gasteiger partial charge on any atom is 0.140 e. The van der Waals surface area contributed by atoms with Crippen molar-refractivity contribution in [1.29, 1.82) is 0 Å². The fraction of sp³-hybridized carbons (Fsp3) is 0.818. The van der Waals surface area contributed by atoms with Crippen LogP contribution in [0.5, 0.6) is 0 Å². The maximum atomic E-state index is 9.78. The Morgan fingerprint density at radius 1 is 1.50 bits per heavy atom. The van der Waals surface area contributed by atoms with E-state index in [2.05, 4.69) is 36.2 Å². The molecule has 0 amide bonds. The van der Waals surface area contributed by atoms with Crippen LogP contribution in [0.1, 0.15) is 33.0 Å². The van der Waals surface area contributed by atoms with Crippen molar-refractivity contribution in [3.63, 3.8) is 0 Å². The monoisotopic (exact) mass is 226 g/mol. The highest BCUT2D eigenvalue weighted by molar-refractivity contribution is 4.82. The van der Waals surface area contributed by atoms with E-state index in [1.165, 1.54) is 6.33 Å². The van der Waals surface area contributed by atoms with E-state index in [9.17, 15) is 5.11 Å². The molecule has 1 rings (SSSR count). The van der Waals surface area contributed by atoms with Crippen LogP contribution in [0.4, 0.5) is 0 Å². The average Bonchev–Trinajstić information content (AvgIpc) is 2.48. The summed E-state index contributed by atoms with van der Waals surface area (Å²) in [6.45, 7) is 7.60. The number of hydrogen-bond acceptors (Lipinski definition) is 4. The second-order valence-corrected chi connectivity index (χ2v) is 5.35. The normalized spacial score (nSPS) is 14.1. The SMILES string of the molecule is Cn1ncnc1CNCC(O)CC(C)(C)C. The minimum Gasteiger partial charge on any atom is -0.392 e. The van der Waals surface area contributed by atoms with Crippen molar-refractivity contribution in [3.8, 4) is 0 Å². The van der Waals surface area contributed by atoms with Crippen molar-refractivity contribution in [3.05, 3.63) is 12.2 Å². The largest absolute Gasteiger partial charge is 0.392 e. The molecule has 0 saturated heterocycles. The quantitative estimate of drug-likeness (QED) is 0.776. The number of nitrogens with zero attached hydrogens (tertiary/aromatic N) is 3. The summed E-state index contributed by atoms with van der Waals surface area (Å²) < 4.78 is 1.73. The Morgan fingerprint density at radius 2 is 2.19 bits per heavy atom. The van der Waals surface area contributed by atoms with Gasteiger partial charge in [0.05, 0.1) is 12.6 Å². The highest BCUT2D eigenvalue weighted by Crippen LogP contribution is 2.20. The van der Waals surface area contributed by atoms with Crippen LogP contribution in [0.15, 0.2) is 6.33 Å². The predicted octanol–water partition coefficient (Wildman–Crippen LogP) is 0.702. The molecule has 0 spiro atoms. The van der Waals surface area contributed by atoms with Gasteiger partial charge < -0.3 is 10.4 Å². The van der Waals surface area contributed by atoms with Gasteiger partial charge in [0.15, 0.2) is 0 Å². The van der Waals surface area contributed by atoms with E-state index < -0.39 is 0 Å². The molecule has 2 N–H and O–H groups in total. The summed E-state index contributed by atoms with van der Waals surface area (Å²) in [7, 11) is 1.86. The van der Waals surface area contributed by atoms with Gasteiger partial charge >= 0.3 is 0 Å². The summed E-state index contributed by atoms with van der Waals surface area (Å²) >= 11 is 0. The molecule has 0 aliphatic carbocycles. The third-order valence-corrected chi connectivity index (χ3v) is 2.32. The van der Waals surface area contributed by atoms with Crippen molar-refractivity contribution in [2.24, 2.45) is 12.5 Å². The van der Waals surface area contributed by atoms with Gasteiger partial charge in [-0.1, -0.05) is 20.8 Å². The van der Waals surface area contributed by atoms with Gasteiger partial charge in [-0.25, -0.2) is 4.98 Å². The highest BCUT2D eigenvalue weighted by atomic mass is 16.3. The Labute approximate surface area is 96.9 Å². The zero-order valence-electron chi connectivity index (χ0n) is 10.6. The van der Waals surface area contributed by atoms with Crippen LogP contribution in [0.25, 0.3) is 0 Å². The Bertz CT molecular complexity index is 316. The number of rotatable bonds is 5. The van der Waals surface area contributed by atoms with Crippen LogP contribution >= 0.6 is 0 Å². The Balaban J connectivity index is 2.23. The zero-order chi connectivity index (χ0) is 12.2. The zero-order valence-corrected chi connectivity index (χ0v) is 10.6. The van der Waals surface area contributed by atoms with E-state index in [1.807, 2.05) is 7.05 Å². The highest BCUT2D eigenvalue weighted by Gasteiger charge is 2.16. The minimum atomic E-state index is -0.312. The molecule has 1 atom stereocenters. The fourth-order valence-corrected chi connectivity index (χ4v) is 1.61. The molecule has 0 fully saturated rings. The van der Waals surface area contributed by atoms with Gasteiger partial charge in [-0.3, -0.25) is 4.68 Å². The topological polar surface area (TPSA) is 63.0 Å². The lowest BCUT2D eigenvalue weighted by atomic mass is 9.89. The van der Waals surface area contributed by atoms with Gasteiger partial charge in [0.2, 0.25) is 0 Å². The number of hydrogen-bond donors (Lipinski definition) is 2. The first-order valence-corrected chi connectivity index (χ1v) is 5.60. The molecule has 1 unspecified atom stereocenters. The van der Waals surface area contributed by atoms with Gasteiger partial charge in [0.25, 0.3) is 0 Å². The molecule has 0 bridgehead atoms. The lowest BCUT2D eigenvalue weighted by Crippen LogP contribution is -2.30. The third kappa shape index (κ3) is 4.72. The lowest BCUT2D eigenvalue weighted by molar-refractivity contribution is 0.119. The first-order valence-electron chi connectivity index (χ1n) is 5.60. The van der Waals surface area contributed by atoms with E-state index >= 15 is 0 Å². The Hall–Kier alpha value is -0.940. The van der Waals surface area contributed by atoms with Gasteiger partial charge in [0, 0.05) is 13.6 Å². The first-order chi connectivity index (χ1) is 7.38. The summed E-state index contributed by atoms with van der Waals surface area (Å²) in [5.41, 5.74) is 0.159. The second kappa shape index (κ2) is 5.41. The molecule has 16 heavy (non-hydrogen) atoms. The Morgan fingerprint density at radius 3 is 2.69 bits per heavy atom. The van der Waals surface area contributed by atoms with Crippen molar-refractivity contribution in [2.75, 3.05) is 6.54 Å². The molecule has 5 nitrogen and oxygen atoms in total. The molecule has 1 heterocycles. The van der Waals surface area contributed by atoms with Crippen molar-refractivity contribution < 1.29 is 5.11 Å². The van der Waals surface area contributed by atoms with Gasteiger partial charge in [-0.2, -0.15) is 5.10 Å². The smallest absolute Gasteiger partial charge is 0.140 e. The van der Waals surface area contributed by atoms with Gasteiger partial charge in [-0.15, -0.1) is 0 Å². The maximum absolute atomic E-state index is 9.78. The van der Waals surface area contributed by atoms with Crippen molar-refractivity contribution in [2.45, 2.75) is 39.8 Å². The molecular formula is C11H22N4O. The molecule has 0 saturated carbocycles. The van der Waals surface area contributed by atoms with E-state index in [1.54, 1.807) is 4.68 Å². The van der Waals surface area contributed by atoms with Crippen LogP contribution in [0, 0.1) is 5.41 Å². The van der Waals surface area contributed by atoms with E-state index in [0.29, 0.717) is 13.1 Å². The number of aromatic nitrogens is 3. The number of nitrogens with one attached hydrogen (secondary N) is 1. The van der Waals surface area contributed by atoms with E-state index in [-0.39, 0.29) is 11.5 Å². The number of aryl methyl sites for hydroxylation is 1. The molecule has 92 valence electrons. The van der Waals surface area contributed by atoms with Crippen LogP contribution < -0.4 is 5.32 Å². The Kier molecular flexibility index (Phi) is 4.44. The molecule has 1 aromatic rings. The van der Waals surface area contributed by atoms with Crippen LogP contribution in [0.2, 0.25) is 0 Å². The average molecular weight is 226 g/mol. The summed E-state index contributed by atoms with van der Waals surface area (Å²) in [5.74, 6) is 0.878. The number of aliphatic hydroxyl groups is 1. The summed E-state index contributed by atoms with van der Waals surface area (Å²) in [6.07, 6.45) is 2.01. The standard InChI is InChI=1S/C11H22N4O/c1-11(2,3)5-9(16)6-12-7-10-13-8-14-15(10)4/h8-9,12,16H,5-7H2,1-4H3. The van der Waals surface area contributed by atoms with Gasteiger partial charge in [-0.05, 0) is 11.8 Å². The summed E-state index contributed by atoms with van der Waals surface area (Å²) in [4.78, 5) is 4.09. The van der Waals surface area contributed by atoms with Crippen LogP contribution in [0.3, 0.4) is 0 Å². The molecular weight excluding hydrogens is 204 g/mol. The van der Waals surface area contributed by atoms with Crippen LogP contribution in [-0.4, -0.2) is 32.5 Å². The molecule has 0 radical (unpaired) electrons. The third-order valence-electron chi connectivity index (χ3n) is 2.32.